The maximum atomic E-state index is 5.41. The smallest absolute Gasteiger partial charge is 0.0711 e. The number of hydrogen-bond donors (Lipinski definition) is 1. The van der Waals surface area contributed by atoms with Gasteiger partial charge in [-0.05, 0) is 46.8 Å². The fourth-order valence-electron chi connectivity index (χ4n) is 3.38. The molecule has 18 heavy (non-hydrogen) atoms. The molecule has 4 heteroatoms. The second-order valence-electron chi connectivity index (χ2n) is 6.37. The largest absolute Gasteiger partial charge is 0.380 e. The number of nitrogens with one attached hydrogen (secondary N) is 1. The second-order valence-corrected chi connectivity index (χ2v) is 6.37. The summed E-state index contributed by atoms with van der Waals surface area (Å²) < 4.78 is 5.41. The average molecular weight is 255 g/mol. The molecular weight excluding hydrogens is 226 g/mol. The number of rotatable bonds is 6. The van der Waals surface area contributed by atoms with Crippen LogP contribution in [-0.2, 0) is 4.74 Å². The lowest BCUT2D eigenvalue weighted by molar-refractivity contribution is 0.0256. The topological polar surface area (TPSA) is 27.7 Å². The summed E-state index contributed by atoms with van der Waals surface area (Å²) in [4.78, 5) is 4.92. The monoisotopic (exact) mass is 255 g/mol. The summed E-state index contributed by atoms with van der Waals surface area (Å²) in [7, 11) is 8.52. The summed E-state index contributed by atoms with van der Waals surface area (Å²) in [5.41, 5.74) is 0.439. The third-order valence-electron chi connectivity index (χ3n) is 4.84. The standard InChI is InChI=1S/C14H29N3O/c1-16(2)14(6-5-7-14)11-17(3)10-12-8-13(18-4)9-15-12/h12-13,15H,5-11H2,1-4H3. The normalized spacial score (nSPS) is 31.0. The number of ether oxygens (including phenoxy) is 1. The van der Waals surface area contributed by atoms with Crippen LogP contribution >= 0.6 is 0 Å². The lowest BCUT2D eigenvalue weighted by Gasteiger charge is -2.49. The summed E-state index contributed by atoms with van der Waals surface area (Å²) in [5.74, 6) is 0. The van der Waals surface area contributed by atoms with Gasteiger partial charge in [-0.2, -0.15) is 0 Å². The van der Waals surface area contributed by atoms with Crippen molar-refractivity contribution in [3.05, 3.63) is 0 Å². The maximum Gasteiger partial charge on any atom is 0.0711 e. The van der Waals surface area contributed by atoms with E-state index in [2.05, 4.69) is 36.3 Å². The van der Waals surface area contributed by atoms with Gasteiger partial charge in [0.05, 0.1) is 6.10 Å². The van der Waals surface area contributed by atoms with Crippen molar-refractivity contribution in [3.63, 3.8) is 0 Å². The van der Waals surface area contributed by atoms with Crippen molar-refractivity contribution in [2.45, 2.75) is 43.4 Å². The van der Waals surface area contributed by atoms with Gasteiger partial charge in [-0.3, -0.25) is 0 Å². The van der Waals surface area contributed by atoms with Crippen molar-refractivity contribution in [3.8, 4) is 0 Å². The van der Waals surface area contributed by atoms with Crippen LogP contribution in [0.3, 0.4) is 0 Å². The highest BCUT2D eigenvalue weighted by atomic mass is 16.5. The van der Waals surface area contributed by atoms with Gasteiger partial charge in [0.15, 0.2) is 0 Å². The Morgan fingerprint density at radius 2 is 2.00 bits per heavy atom. The minimum absolute atomic E-state index is 0.412. The van der Waals surface area contributed by atoms with E-state index in [0.29, 0.717) is 17.7 Å². The molecule has 0 bridgehead atoms. The third kappa shape index (κ3) is 3.05. The molecule has 0 radical (unpaired) electrons. The van der Waals surface area contributed by atoms with Gasteiger partial charge in [0.1, 0.15) is 0 Å². The molecule has 1 aliphatic carbocycles. The van der Waals surface area contributed by atoms with E-state index in [1.54, 1.807) is 0 Å². The molecule has 1 N–H and O–H groups in total. The van der Waals surface area contributed by atoms with Crippen LogP contribution in [0.2, 0.25) is 0 Å². The van der Waals surface area contributed by atoms with Gasteiger partial charge < -0.3 is 19.9 Å². The van der Waals surface area contributed by atoms with Gasteiger partial charge in [0, 0.05) is 38.3 Å². The van der Waals surface area contributed by atoms with Gasteiger partial charge in [0.2, 0.25) is 0 Å². The highest BCUT2D eigenvalue weighted by Gasteiger charge is 2.40. The molecule has 106 valence electrons. The predicted octanol–water partition coefficient (Wildman–Crippen LogP) is 0.779. The van der Waals surface area contributed by atoms with Crippen LogP contribution in [0.4, 0.5) is 0 Å². The Hall–Kier alpha value is -0.160. The van der Waals surface area contributed by atoms with E-state index >= 15 is 0 Å². The van der Waals surface area contributed by atoms with E-state index in [-0.39, 0.29) is 0 Å². The van der Waals surface area contributed by atoms with Crippen molar-refractivity contribution in [2.75, 3.05) is 47.9 Å². The average Bonchev–Trinajstić information content (AvgIpc) is 2.70. The van der Waals surface area contributed by atoms with E-state index in [0.717, 1.165) is 19.5 Å². The first kappa shape index (κ1) is 14.3. The van der Waals surface area contributed by atoms with E-state index in [1.165, 1.54) is 25.8 Å². The van der Waals surface area contributed by atoms with Crippen molar-refractivity contribution >= 4 is 0 Å². The van der Waals surface area contributed by atoms with Crippen LogP contribution in [0.25, 0.3) is 0 Å². The fourth-order valence-corrected chi connectivity index (χ4v) is 3.38. The minimum Gasteiger partial charge on any atom is -0.380 e. The van der Waals surface area contributed by atoms with Crippen molar-refractivity contribution in [2.24, 2.45) is 0 Å². The van der Waals surface area contributed by atoms with Crippen LogP contribution < -0.4 is 5.32 Å². The number of hydrogen-bond acceptors (Lipinski definition) is 4. The van der Waals surface area contributed by atoms with E-state index in [1.807, 2.05) is 7.11 Å². The summed E-state index contributed by atoms with van der Waals surface area (Å²) in [6.07, 6.45) is 5.65. The molecule has 2 fully saturated rings. The van der Waals surface area contributed by atoms with Crippen LogP contribution in [0.15, 0.2) is 0 Å². The molecule has 0 aromatic heterocycles. The lowest BCUT2D eigenvalue weighted by Crippen LogP contribution is -2.57. The molecule has 2 unspecified atom stereocenters. The lowest BCUT2D eigenvalue weighted by atomic mass is 9.75. The molecule has 4 nitrogen and oxygen atoms in total. The molecule has 1 aliphatic heterocycles. The van der Waals surface area contributed by atoms with Crippen LogP contribution in [0, 0.1) is 0 Å². The van der Waals surface area contributed by atoms with Crippen molar-refractivity contribution in [1.29, 1.82) is 0 Å². The molecule has 2 aliphatic rings. The first-order valence-electron chi connectivity index (χ1n) is 7.18. The quantitative estimate of drug-likeness (QED) is 0.759. The van der Waals surface area contributed by atoms with E-state index < -0.39 is 0 Å². The highest BCUT2D eigenvalue weighted by molar-refractivity contribution is 4.98. The molecular formula is C14H29N3O. The van der Waals surface area contributed by atoms with E-state index in [9.17, 15) is 0 Å². The van der Waals surface area contributed by atoms with E-state index in [4.69, 9.17) is 4.74 Å². The zero-order valence-electron chi connectivity index (χ0n) is 12.4. The van der Waals surface area contributed by atoms with Gasteiger partial charge in [-0.25, -0.2) is 0 Å². The van der Waals surface area contributed by atoms with Gasteiger partial charge in [-0.1, -0.05) is 0 Å². The second kappa shape index (κ2) is 5.87. The predicted molar refractivity (Wildman–Crippen MR) is 75.0 cm³/mol. The molecule has 2 atom stereocenters. The van der Waals surface area contributed by atoms with Crippen LogP contribution in [0.1, 0.15) is 25.7 Å². The molecule has 0 aromatic rings. The number of likely N-dealkylation sites (N-methyl/N-ethyl adjacent to an activating group) is 2. The third-order valence-corrected chi connectivity index (χ3v) is 4.84. The summed E-state index contributed by atoms with van der Waals surface area (Å²) in [6.45, 7) is 3.33. The Kier molecular flexibility index (Phi) is 4.64. The Morgan fingerprint density at radius 1 is 1.28 bits per heavy atom. The summed E-state index contributed by atoms with van der Waals surface area (Å²) >= 11 is 0. The first-order chi connectivity index (χ1) is 8.55. The Bertz CT molecular complexity index is 266. The Balaban J connectivity index is 1.76. The van der Waals surface area contributed by atoms with Gasteiger partial charge >= 0.3 is 0 Å². The Labute approximate surface area is 112 Å². The molecule has 1 heterocycles. The maximum absolute atomic E-state index is 5.41. The van der Waals surface area contributed by atoms with Crippen molar-refractivity contribution in [1.82, 2.24) is 15.1 Å². The number of nitrogens with zero attached hydrogens (tertiary/aromatic N) is 2. The van der Waals surface area contributed by atoms with Crippen LogP contribution in [-0.4, -0.2) is 75.4 Å². The zero-order chi connectivity index (χ0) is 13.2. The van der Waals surface area contributed by atoms with Gasteiger partial charge in [0.25, 0.3) is 0 Å². The highest BCUT2D eigenvalue weighted by Crippen LogP contribution is 2.36. The Morgan fingerprint density at radius 3 is 2.44 bits per heavy atom. The van der Waals surface area contributed by atoms with Gasteiger partial charge in [-0.15, -0.1) is 0 Å². The first-order valence-corrected chi connectivity index (χ1v) is 7.18. The molecule has 1 saturated heterocycles. The zero-order valence-corrected chi connectivity index (χ0v) is 12.4. The number of methoxy groups -OCH3 is 1. The molecule has 2 rings (SSSR count). The van der Waals surface area contributed by atoms with Crippen molar-refractivity contribution < 1.29 is 4.74 Å². The fraction of sp³-hybridized carbons (Fsp3) is 1.00. The molecule has 1 saturated carbocycles. The minimum atomic E-state index is 0.412. The summed E-state index contributed by atoms with van der Waals surface area (Å²) in [5, 5.41) is 3.56. The SMILES string of the molecule is COC1CNC(CN(C)CC2(N(C)C)CCC2)C1. The molecule has 0 aromatic carbocycles. The summed E-state index contributed by atoms with van der Waals surface area (Å²) in [6, 6.07) is 0.597. The van der Waals surface area contributed by atoms with Crippen LogP contribution in [0.5, 0.6) is 0 Å². The molecule has 0 amide bonds. The molecule has 0 spiro atoms.